The maximum absolute atomic E-state index is 5.90. The van der Waals surface area contributed by atoms with Crippen LogP contribution in [0.3, 0.4) is 0 Å². The van der Waals surface area contributed by atoms with Gasteiger partial charge >= 0.3 is 0 Å². The number of hydrogen-bond acceptors (Lipinski definition) is 1. The van der Waals surface area contributed by atoms with E-state index in [1.807, 2.05) is 0 Å². The quantitative estimate of drug-likeness (QED) is 0.148. The molecule has 3 aromatic carbocycles. The molecule has 0 amide bonds. The van der Waals surface area contributed by atoms with Crippen LogP contribution in [-0.4, -0.2) is 6.61 Å². The monoisotopic (exact) mass is 575 g/mol. The number of unbranched alkanes of at least 4 members (excludes halogenated alkanes) is 3. The Morgan fingerprint density at radius 1 is 0.743 bits per heavy atom. The van der Waals surface area contributed by atoms with E-state index >= 15 is 0 Å². The standard InChI is InChI=1S/C32H34NO.HI/c1-3-4-5-12-23-34-30-21-18-26(19-22-30)17-20-29-24-32(28-15-10-7-11-16-28)33(2)25-31(29)27-13-8-6-9-14-27;/h6-11,13-22,24-25H,3-5,12,23H2,1-2H3;1H/q+1;/p-1/b20-17+;. The van der Waals surface area contributed by atoms with Gasteiger partial charge in [-0.05, 0) is 47.4 Å². The lowest BCUT2D eigenvalue weighted by molar-refractivity contribution is -0.659. The van der Waals surface area contributed by atoms with Gasteiger partial charge < -0.3 is 28.7 Å². The zero-order chi connectivity index (χ0) is 23.6. The Morgan fingerprint density at radius 3 is 2.06 bits per heavy atom. The number of benzene rings is 3. The topological polar surface area (TPSA) is 13.1 Å². The first-order valence-corrected chi connectivity index (χ1v) is 12.3. The molecule has 0 aliphatic heterocycles. The van der Waals surface area contributed by atoms with Crippen molar-refractivity contribution >= 4 is 12.2 Å². The Hall–Kier alpha value is -2.92. The molecule has 2 nitrogen and oxygen atoms in total. The van der Waals surface area contributed by atoms with Crippen molar-refractivity contribution in [1.29, 1.82) is 0 Å². The summed E-state index contributed by atoms with van der Waals surface area (Å²) >= 11 is 0. The van der Waals surface area contributed by atoms with E-state index in [0.29, 0.717) is 0 Å². The fourth-order valence-corrected chi connectivity index (χ4v) is 4.14. The van der Waals surface area contributed by atoms with E-state index in [1.54, 1.807) is 0 Å². The van der Waals surface area contributed by atoms with E-state index < -0.39 is 0 Å². The van der Waals surface area contributed by atoms with E-state index in [4.69, 9.17) is 4.74 Å². The van der Waals surface area contributed by atoms with Gasteiger partial charge in [-0.1, -0.05) is 99.0 Å². The van der Waals surface area contributed by atoms with Crippen molar-refractivity contribution in [3.05, 3.63) is 108 Å². The molecule has 0 N–H and O–H groups in total. The molecule has 0 aliphatic carbocycles. The van der Waals surface area contributed by atoms with Crippen LogP contribution in [0.1, 0.15) is 43.7 Å². The second-order valence-electron chi connectivity index (χ2n) is 8.68. The van der Waals surface area contributed by atoms with Crippen LogP contribution in [0.25, 0.3) is 34.5 Å². The molecule has 0 aliphatic rings. The van der Waals surface area contributed by atoms with Gasteiger partial charge in [-0.2, -0.15) is 0 Å². The molecule has 0 saturated heterocycles. The number of pyridine rings is 1. The zero-order valence-corrected chi connectivity index (χ0v) is 22.8. The van der Waals surface area contributed by atoms with Crippen molar-refractivity contribution in [3.63, 3.8) is 0 Å². The minimum absolute atomic E-state index is 0. The van der Waals surface area contributed by atoms with Gasteiger partial charge in [-0.3, -0.25) is 0 Å². The average molecular weight is 576 g/mol. The maximum atomic E-state index is 5.90. The third-order valence-electron chi connectivity index (χ3n) is 6.06. The largest absolute Gasteiger partial charge is 1.00 e. The van der Waals surface area contributed by atoms with Crippen molar-refractivity contribution < 1.29 is 33.3 Å². The van der Waals surface area contributed by atoms with Crippen LogP contribution in [0.15, 0.2) is 97.2 Å². The number of aromatic nitrogens is 1. The van der Waals surface area contributed by atoms with Crippen LogP contribution in [0.2, 0.25) is 0 Å². The number of rotatable bonds is 10. The molecule has 180 valence electrons. The number of ether oxygens (including phenoxy) is 1. The molecule has 4 rings (SSSR count). The van der Waals surface area contributed by atoms with Crippen LogP contribution < -0.4 is 33.3 Å². The molecular weight excluding hydrogens is 541 g/mol. The number of hydrogen-bond donors (Lipinski definition) is 0. The first-order valence-electron chi connectivity index (χ1n) is 12.3. The van der Waals surface area contributed by atoms with Gasteiger partial charge in [0.15, 0.2) is 6.20 Å². The predicted molar refractivity (Wildman–Crippen MR) is 143 cm³/mol. The summed E-state index contributed by atoms with van der Waals surface area (Å²) in [5.41, 5.74) is 7.17. The van der Waals surface area contributed by atoms with Gasteiger partial charge in [0.05, 0.1) is 12.2 Å². The average Bonchev–Trinajstić information content (AvgIpc) is 2.89. The highest BCUT2D eigenvalue weighted by atomic mass is 127. The number of nitrogens with zero attached hydrogens (tertiary/aromatic N) is 1. The van der Waals surface area contributed by atoms with E-state index in [1.165, 1.54) is 47.2 Å². The summed E-state index contributed by atoms with van der Waals surface area (Å²) < 4.78 is 8.11. The highest BCUT2D eigenvalue weighted by molar-refractivity contribution is 5.81. The molecule has 35 heavy (non-hydrogen) atoms. The van der Waals surface area contributed by atoms with Crippen molar-refractivity contribution in [2.45, 2.75) is 32.6 Å². The van der Waals surface area contributed by atoms with Crippen LogP contribution in [-0.2, 0) is 7.05 Å². The van der Waals surface area contributed by atoms with Gasteiger partial charge in [0.2, 0.25) is 5.69 Å². The SMILES string of the molecule is CCCCCCOc1ccc(/C=C/c2cc(-c3ccccc3)[n+](C)cc2-c2ccccc2)cc1.[I-]. The van der Waals surface area contributed by atoms with Crippen molar-refractivity contribution in [3.8, 4) is 28.1 Å². The predicted octanol–water partition coefficient (Wildman–Crippen LogP) is 4.98. The minimum atomic E-state index is 0. The Morgan fingerprint density at radius 2 is 1.40 bits per heavy atom. The molecule has 0 spiro atoms. The zero-order valence-electron chi connectivity index (χ0n) is 20.7. The van der Waals surface area contributed by atoms with Gasteiger partial charge in [0, 0.05) is 11.6 Å². The fourth-order valence-electron chi connectivity index (χ4n) is 4.14. The highest BCUT2D eigenvalue weighted by Gasteiger charge is 2.15. The van der Waals surface area contributed by atoms with Gasteiger partial charge in [0.1, 0.15) is 12.8 Å². The molecule has 3 heteroatoms. The second-order valence-corrected chi connectivity index (χ2v) is 8.68. The Kier molecular flexibility index (Phi) is 10.5. The molecule has 4 aromatic rings. The minimum Gasteiger partial charge on any atom is -1.00 e. The van der Waals surface area contributed by atoms with Crippen LogP contribution in [0.5, 0.6) is 5.75 Å². The lowest BCUT2D eigenvalue weighted by Gasteiger charge is -2.09. The third-order valence-corrected chi connectivity index (χ3v) is 6.06. The molecular formula is C32H34INO. The summed E-state index contributed by atoms with van der Waals surface area (Å²) in [5.74, 6) is 0.941. The van der Waals surface area contributed by atoms with Crippen LogP contribution in [0, 0.1) is 0 Å². The fraction of sp³-hybridized carbons (Fsp3) is 0.219. The first kappa shape index (κ1) is 26.7. The van der Waals surface area contributed by atoms with E-state index in [2.05, 4.69) is 128 Å². The molecule has 1 heterocycles. The normalized spacial score (nSPS) is 10.8. The smallest absolute Gasteiger partial charge is 0.212 e. The number of aryl methyl sites for hydroxylation is 1. The lowest BCUT2D eigenvalue weighted by atomic mass is 9.98. The Bertz CT molecular complexity index is 1200. The summed E-state index contributed by atoms with van der Waals surface area (Å²) in [6, 6.07) is 31.8. The summed E-state index contributed by atoms with van der Waals surface area (Å²) in [4.78, 5) is 0. The first-order chi connectivity index (χ1) is 16.7. The maximum Gasteiger partial charge on any atom is 0.212 e. The van der Waals surface area contributed by atoms with Crippen LogP contribution in [0.4, 0.5) is 0 Å². The summed E-state index contributed by atoms with van der Waals surface area (Å²) in [6.45, 7) is 3.02. The summed E-state index contributed by atoms with van der Waals surface area (Å²) in [6.07, 6.45) is 11.5. The van der Waals surface area contributed by atoms with E-state index in [0.717, 1.165) is 24.3 Å². The van der Waals surface area contributed by atoms with Gasteiger partial charge in [-0.15, -0.1) is 0 Å². The van der Waals surface area contributed by atoms with Gasteiger partial charge in [-0.25, -0.2) is 4.57 Å². The molecule has 0 atom stereocenters. The van der Waals surface area contributed by atoms with Crippen LogP contribution >= 0.6 is 0 Å². The molecule has 0 fully saturated rings. The van der Waals surface area contributed by atoms with Crippen molar-refractivity contribution in [2.24, 2.45) is 7.05 Å². The molecule has 1 aromatic heterocycles. The lowest BCUT2D eigenvalue weighted by Crippen LogP contribution is -3.00. The Labute approximate surface area is 227 Å². The second kappa shape index (κ2) is 13.8. The third kappa shape index (κ3) is 7.53. The van der Waals surface area contributed by atoms with Crippen molar-refractivity contribution in [2.75, 3.05) is 6.61 Å². The Balaban J connectivity index is 0.00000342. The molecule has 0 unspecified atom stereocenters. The van der Waals surface area contributed by atoms with Crippen molar-refractivity contribution in [1.82, 2.24) is 0 Å². The summed E-state index contributed by atoms with van der Waals surface area (Å²) in [7, 11) is 2.11. The van der Waals surface area contributed by atoms with Gasteiger partial charge in [0.25, 0.3) is 0 Å². The molecule has 0 bridgehead atoms. The van der Waals surface area contributed by atoms with E-state index in [-0.39, 0.29) is 24.0 Å². The highest BCUT2D eigenvalue weighted by Crippen LogP contribution is 2.28. The summed E-state index contributed by atoms with van der Waals surface area (Å²) in [5, 5.41) is 0. The molecule has 0 saturated carbocycles. The number of halogens is 1. The molecule has 0 radical (unpaired) electrons. The van der Waals surface area contributed by atoms with E-state index in [9.17, 15) is 0 Å².